The molecule has 0 aliphatic carbocycles. The zero-order chi connectivity index (χ0) is 22.5. The summed E-state index contributed by atoms with van der Waals surface area (Å²) in [6.07, 6.45) is -2.45. The van der Waals surface area contributed by atoms with Gasteiger partial charge in [0.05, 0.1) is 12.6 Å². The number of benzene rings is 1. The zero-order valence-corrected chi connectivity index (χ0v) is 17.3. The minimum Gasteiger partial charge on any atom is -0.497 e. The first-order chi connectivity index (χ1) is 15.3. The van der Waals surface area contributed by atoms with Crippen LogP contribution in [0.15, 0.2) is 48.7 Å². The van der Waals surface area contributed by atoms with E-state index in [2.05, 4.69) is 15.2 Å². The molecule has 1 aromatic carbocycles. The molecule has 0 radical (unpaired) electrons. The molecular weight excluding hydrogens is 421 g/mol. The van der Waals surface area contributed by atoms with E-state index >= 15 is 0 Å². The lowest BCUT2D eigenvalue weighted by Gasteiger charge is -2.30. The SMILES string of the molecule is COc1ccc2ccc(-c3nnc4ccc([C@@H](N5CCC(N)C5)C(F)(F)F)cn34)nc2c1. The topological polar surface area (TPSA) is 81.6 Å². The highest BCUT2D eigenvalue weighted by Crippen LogP contribution is 2.39. The third-order valence-corrected chi connectivity index (χ3v) is 5.80. The van der Waals surface area contributed by atoms with Crippen LogP contribution < -0.4 is 10.5 Å². The number of rotatable bonds is 4. The van der Waals surface area contributed by atoms with E-state index in [1.54, 1.807) is 29.7 Å². The maximum absolute atomic E-state index is 14.0. The summed E-state index contributed by atoms with van der Waals surface area (Å²) in [6, 6.07) is 10.2. The largest absolute Gasteiger partial charge is 0.497 e. The normalized spacial score (nSPS) is 18.5. The fourth-order valence-electron chi connectivity index (χ4n) is 4.25. The molecule has 2 atom stereocenters. The average Bonchev–Trinajstić information content (AvgIpc) is 3.38. The molecule has 1 saturated heterocycles. The number of aromatic nitrogens is 4. The molecule has 0 spiro atoms. The zero-order valence-electron chi connectivity index (χ0n) is 17.3. The summed E-state index contributed by atoms with van der Waals surface area (Å²) in [4.78, 5) is 6.02. The van der Waals surface area contributed by atoms with Crippen molar-refractivity contribution in [3.8, 4) is 17.3 Å². The highest BCUT2D eigenvalue weighted by Gasteiger charge is 2.46. The van der Waals surface area contributed by atoms with Crippen LogP contribution in [0.3, 0.4) is 0 Å². The van der Waals surface area contributed by atoms with Gasteiger partial charge in [0.1, 0.15) is 17.5 Å². The van der Waals surface area contributed by atoms with Gasteiger partial charge in [-0.3, -0.25) is 9.30 Å². The highest BCUT2D eigenvalue weighted by molar-refractivity contribution is 5.82. The molecule has 1 aliphatic rings. The van der Waals surface area contributed by atoms with Crippen LogP contribution in [-0.2, 0) is 0 Å². The standard InChI is InChI=1S/C22H21F3N6O/c1-32-16-5-2-13-3-6-17(27-18(13)10-16)21-29-28-19-7-4-14(11-31(19)21)20(22(23,24)25)30-9-8-15(26)12-30/h2-7,10-11,15,20H,8-9,12,26H2,1H3/t15?,20-/m1/s1. The van der Waals surface area contributed by atoms with E-state index in [1.165, 1.54) is 17.2 Å². The number of hydrogen-bond donors (Lipinski definition) is 1. The van der Waals surface area contributed by atoms with Gasteiger partial charge >= 0.3 is 6.18 Å². The van der Waals surface area contributed by atoms with Crippen molar-refractivity contribution in [3.63, 3.8) is 0 Å². The number of alkyl halides is 3. The van der Waals surface area contributed by atoms with Crippen LogP contribution in [0, 0.1) is 0 Å². The molecule has 1 unspecified atom stereocenters. The van der Waals surface area contributed by atoms with Crippen molar-refractivity contribution in [1.29, 1.82) is 0 Å². The number of nitrogens with zero attached hydrogens (tertiary/aromatic N) is 5. The van der Waals surface area contributed by atoms with Crippen LogP contribution in [-0.4, -0.2) is 56.9 Å². The minimum atomic E-state index is -4.44. The predicted octanol–water partition coefficient (Wildman–Crippen LogP) is 3.59. The Balaban J connectivity index is 1.60. The number of methoxy groups -OCH3 is 1. The van der Waals surface area contributed by atoms with E-state index in [4.69, 9.17) is 10.5 Å². The first kappa shape index (κ1) is 20.7. The van der Waals surface area contributed by atoms with Crippen LogP contribution >= 0.6 is 0 Å². The summed E-state index contributed by atoms with van der Waals surface area (Å²) in [5.74, 6) is 1.03. The Morgan fingerprint density at radius 2 is 1.94 bits per heavy atom. The summed E-state index contributed by atoms with van der Waals surface area (Å²) >= 11 is 0. The number of hydrogen-bond acceptors (Lipinski definition) is 6. The van der Waals surface area contributed by atoms with Crippen molar-refractivity contribution in [2.45, 2.75) is 24.7 Å². The van der Waals surface area contributed by atoms with Gasteiger partial charge in [0.2, 0.25) is 0 Å². The number of likely N-dealkylation sites (tertiary alicyclic amines) is 1. The third kappa shape index (κ3) is 3.65. The van der Waals surface area contributed by atoms with Crippen molar-refractivity contribution in [1.82, 2.24) is 24.5 Å². The number of halogens is 3. The van der Waals surface area contributed by atoms with Gasteiger partial charge in [0, 0.05) is 36.8 Å². The van der Waals surface area contributed by atoms with E-state index in [0.29, 0.717) is 41.4 Å². The Morgan fingerprint density at radius 1 is 1.12 bits per heavy atom. The summed E-state index contributed by atoms with van der Waals surface area (Å²) in [5.41, 5.74) is 7.62. The van der Waals surface area contributed by atoms with Crippen molar-refractivity contribution < 1.29 is 17.9 Å². The van der Waals surface area contributed by atoms with Crippen molar-refractivity contribution >= 4 is 16.6 Å². The third-order valence-electron chi connectivity index (χ3n) is 5.80. The van der Waals surface area contributed by atoms with Crippen LogP contribution in [0.4, 0.5) is 13.2 Å². The van der Waals surface area contributed by atoms with Gasteiger partial charge in [0.15, 0.2) is 11.5 Å². The average molecular weight is 442 g/mol. The summed E-state index contributed by atoms with van der Waals surface area (Å²) in [7, 11) is 1.57. The van der Waals surface area contributed by atoms with Crippen molar-refractivity contribution in [3.05, 3.63) is 54.2 Å². The maximum atomic E-state index is 14.0. The Morgan fingerprint density at radius 3 is 2.66 bits per heavy atom. The van der Waals surface area contributed by atoms with E-state index in [-0.39, 0.29) is 18.2 Å². The number of nitrogens with two attached hydrogens (primary N) is 1. The highest BCUT2D eigenvalue weighted by atomic mass is 19.4. The van der Waals surface area contributed by atoms with Gasteiger partial charge < -0.3 is 10.5 Å². The molecule has 1 fully saturated rings. The van der Waals surface area contributed by atoms with E-state index in [1.807, 2.05) is 18.2 Å². The van der Waals surface area contributed by atoms with Crippen LogP contribution in [0.2, 0.25) is 0 Å². The molecule has 4 heterocycles. The summed E-state index contributed by atoms with van der Waals surface area (Å²) in [6.45, 7) is 0.498. The molecule has 7 nitrogen and oxygen atoms in total. The minimum absolute atomic E-state index is 0.114. The Labute approximate surface area is 181 Å². The van der Waals surface area contributed by atoms with Gasteiger partial charge in [0.25, 0.3) is 0 Å². The van der Waals surface area contributed by atoms with Crippen molar-refractivity contribution in [2.75, 3.05) is 20.2 Å². The molecule has 4 aromatic rings. The second kappa shape index (κ2) is 7.72. The van der Waals surface area contributed by atoms with Crippen LogP contribution in [0.5, 0.6) is 5.75 Å². The second-order valence-corrected chi connectivity index (χ2v) is 7.96. The van der Waals surface area contributed by atoms with Gasteiger partial charge in [-0.2, -0.15) is 13.2 Å². The molecule has 2 N–H and O–H groups in total. The van der Waals surface area contributed by atoms with Gasteiger partial charge in [-0.05, 0) is 36.2 Å². The lowest BCUT2D eigenvalue weighted by atomic mass is 10.1. The van der Waals surface area contributed by atoms with Gasteiger partial charge in [-0.15, -0.1) is 10.2 Å². The Kier molecular flexibility index (Phi) is 4.98. The number of ether oxygens (including phenoxy) is 1. The molecule has 1 aliphatic heterocycles. The lowest BCUT2D eigenvalue weighted by Crippen LogP contribution is -2.38. The van der Waals surface area contributed by atoms with Crippen molar-refractivity contribution in [2.24, 2.45) is 5.73 Å². The van der Waals surface area contributed by atoms with Gasteiger partial charge in [-0.25, -0.2) is 4.98 Å². The molecule has 166 valence electrons. The quantitative estimate of drug-likeness (QED) is 0.520. The lowest BCUT2D eigenvalue weighted by molar-refractivity contribution is -0.183. The second-order valence-electron chi connectivity index (χ2n) is 7.96. The Bertz CT molecular complexity index is 1290. The molecule has 5 rings (SSSR count). The maximum Gasteiger partial charge on any atom is 0.408 e. The summed E-state index contributed by atoms with van der Waals surface area (Å²) in [5, 5.41) is 9.21. The van der Waals surface area contributed by atoms with E-state index in [9.17, 15) is 13.2 Å². The molecule has 0 amide bonds. The fraction of sp³-hybridized carbons (Fsp3) is 0.318. The van der Waals surface area contributed by atoms with Gasteiger partial charge in [-0.1, -0.05) is 12.1 Å². The Hall–Kier alpha value is -3.24. The van der Waals surface area contributed by atoms with E-state index in [0.717, 1.165) is 5.39 Å². The predicted molar refractivity (Wildman–Crippen MR) is 113 cm³/mol. The molecule has 32 heavy (non-hydrogen) atoms. The van der Waals surface area contributed by atoms with E-state index < -0.39 is 12.2 Å². The van der Waals surface area contributed by atoms with Crippen LogP contribution in [0.1, 0.15) is 18.0 Å². The summed E-state index contributed by atoms with van der Waals surface area (Å²) < 4.78 is 48.9. The molecule has 3 aromatic heterocycles. The van der Waals surface area contributed by atoms with Crippen LogP contribution in [0.25, 0.3) is 28.1 Å². The smallest absolute Gasteiger partial charge is 0.408 e. The molecular formula is C22H21F3N6O. The molecule has 0 saturated carbocycles. The number of pyridine rings is 2. The fourth-order valence-corrected chi connectivity index (χ4v) is 4.25. The first-order valence-corrected chi connectivity index (χ1v) is 10.2. The first-order valence-electron chi connectivity index (χ1n) is 10.2. The molecule has 0 bridgehead atoms. The molecule has 10 heteroatoms. The number of fused-ring (bicyclic) bond motifs is 2. The monoisotopic (exact) mass is 442 g/mol.